The highest BCUT2D eigenvalue weighted by Crippen LogP contribution is 2.35. The predicted molar refractivity (Wildman–Crippen MR) is 98.8 cm³/mol. The fourth-order valence-corrected chi connectivity index (χ4v) is 2.80. The number of hydrogen-bond acceptors (Lipinski definition) is 7. The lowest BCUT2D eigenvalue weighted by Crippen LogP contribution is -2.24. The molecule has 0 spiro atoms. The van der Waals surface area contributed by atoms with Crippen LogP contribution in [0.25, 0.3) is 0 Å². The Kier molecular flexibility index (Phi) is 4.38. The van der Waals surface area contributed by atoms with Crippen LogP contribution in [0, 0.1) is 14.9 Å². The van der Waals surface area contributed by atoms with E-state index >= 15 is 0 Å². The van der Waals surface area contributed by atoms with Gasteiger partial charge in [-0.25, -0.2) is 5.10 Å². The average molecular weight is 383 g/mol. The summed E-state index contributed by atoms with van der Waals surface area (Å²) in [7, 11) is 0. The van der Waals surface area contributed by atoms with Crippen LogP contribution in [0.15, 0.2) is 53.6 Å². The second-order valence-corrected chi connectivity index (χ2v) is 6.05. The highest BCUT2D eigenvalue weighted by atomic mass is 32.1. The van der Waals surface area contributed by atoms with Crippen molar-refractivity contribution in [3.8, 4) is 11.5 Å². The summed E-state index contributed by atoms with van der Waals surface area (Å²) < 4.78 is 13.3. The Bertz CT molecular complexity index is 1090. The molecule has 0 saturated heterocycles. The number of fused-ring (bicyclic) bond motifs is 1. The lowest BCUT2D eigenvalue weighted by molar-refractivity contribution is -0.384. The largest absolute Gasteiger partial charge is 0.485 e. The highest BCUT2D eigenvalue weighted by Gasteiger charge is 2.27. The predicted octanol–water partition coefficient (Wildman–Crippen LogP) is 3.24. The van der Waals surface area contributed by atoms with E-state index in [1.54, 1.807) is 18.2 Å². The Labute approximate surface area is 158 Å². The van der Waals surface area contributed by atoms with E-state index in [-0.39, 0.29) is 17.1 Å². The molecule has 0 aliphatic carbocycles. The molecule has 1 aliphatic heterocycles. The van der Waals surface area contributed by atoms with Crippen LogP contribution in [0.3, 0.4) is 0 Å². The summed E-state index contributed by atoms with van der Waals surface area (Å²) in [6.07, 6.45) is 0.967. The molecule has 4 rings (SSSR count). The molecular formula is C17H13N5O4S. The number of non-ortho nitro benzene ring substituents is 1. The number of rotatable bonds is 4. The van der Waals surface area contributed by atoms with Crippen LogP contribution in [0.1, 0.15) is 17.5 Å². The third kappa shape index (κ3) is 3.42. The molecule has 1 unspecified atom stereocenters. The van der Waals surface area contributed by atoms with Gasteiger partial charge in [0.1, 0.15) is 6.61 Å². The molecule has 0 saturated carbocycles. The first-order valence-electron chi connectivity index (χ1n) is 7.96. The minimum atomic E-state index is -0.505. The van der Waals surface area contributed by atoms with Crippen LogP contribution >= 0.6 is 12.2 Å². The number of ether oxygens (including phenoxy) is 2. The first-order valence-corrected chi connectivity index (χ1v) is 8.37. The van der Waals surface area contributed by atoms with Gasteiger partial charge in [-0.15, -0.1) is 0 Å². The first-order chi connectivity index (χ1) is 13.1. The van der Waals surface area contributed by atoms with Crippen molar-refractivity contribution in [2.45, 2.75) is 6.10 Å². The van der Waals surface area contributed by atoms with Gasteiger partial charge in [-0.1, -0.05) is 24.3 Å². The summed E-state index contributed by atoms with van der Waals surface area (Å²) in [5.41, 5.74) is 0.542. The molecule has 9 nitrogen and oxygen atoms in total. The van der Waals surface area contributed by atoms with Crippen molar-refractivity contribution < 1.29 is 14.4 Å². The Hall–Kier alpha value is -3.53. The van der Waals surface area contributed by atoms with Crippen molar-refractivity contribution in [3.63, 3.8) is 0 Å². The number of aromatic amines is 1. The Morgan fingerprint density at radius 2 is 2.11 bits per heavy atom. The molecule has 1 aromatic heterocycles. The van der Waals surface area contributed by atoms with Crippen molar-refractivity contribution in [2.75, 3.05) is 6.61 Å². The summed E-state index contributed by atoms with van der Waals surface area (Å²) in [4.78, 5) is 10.4. The van der Waals surface area contributed by atoms with Gasteiger partial charge in [-0.2, -0.15) is 14.9 Å². The molecule has 3 aromatic rings. The summed E-state index contributed by atoms with van der Waals surface area (Å²) in [5.74, 6) is 1.71. The first kappa shape index (κ1) is 16.9. The van der Waals surface area contributed by atoms with Crippen molar-refractivity contribution in [3.05, 3.63) is 74.8 Å². The molecule has 0 radical (unpaired) electrons. The van der Waals surface area contributed by atoms with Gasteiger partial charge in [0.15, 0.2) is 23.4 Å². The smallest absolute Gasteiger partial charge is 0.270 e. The maximum absolute atomic E-state index is 10.9. The zero-order valence-electron chi connectivity index (χ0n) is 13.8. The number of nitrogens with one attached hydrogen (secondary N) is 1. The average Bonchev–Trinajstić information content (AvgIpc) is 3.06. The molecule has 1 N–H and O–H groups in total. The molecule has 136 valence electrons. The lowest BCUT2D eigenvalue weighted by Gasteiger charge is -2.25. The molecular weight excluding hydrogens is 370 g/mol. The third-order valence-electron chi connectivity index (χ3n) is 3.88. The molecule has 1 aliphatic rings. The summed E-state index contributed by atoms with van der Waals surface area (Å²) in [5, 5.41) is 22.1. The normalized spacial score (nSPS) is 15.8. The third-order valence-corrected chi connectivity index (χ3v) is 4.14. The molecule has 2 aromatic carbocycles. The van der Waals surface area contributed by atoms with E-state index in [4.69, 9.17) is 21.7 Å². The standard InChI is InChI=1S/C17H13N5O4S/c23-22(24)12-5-3-4-11(8-12)9-18-21-16(19-20-17(21)27)15-10-25-13-6-1-2-7-14(13)26-15/h1-9,15H,10H2,(H,20,27). The number of nitro groups is 1. The Morgan fingerprint density at radius 1 is 1.30 bits per heavy atom. The van der Waals surface area contributed by atoms with Gasteiger partial charge in [-0.05, 0) is 24.4 Å². The number of hydrogen-bond donors (Lipinski definition) is 1. The molecule has 1 atom stereocenters. The van der Waals surface area contributed by atoms with Crippen molar-refractivity contribution >= 4 is 24.1 Å². The Balaban J connectivity index is 1.62. The van der Waals surface area contributed by atoms with Crippen LogP contribution in [-0.2, 0) is 0 Å². The van der Waals surface area contributed by atoms with Crippen LogP contribution < -0.4 is 9.47 Å². The van der Waals surface area contributed by atoms with Gasteiger partial charge >= 0.3 is 0 Å². The Morgan fingerprint density at radius 3 is 2.93 bits per heavy atom. The van der Waals surface area contributed by atoms with Crippen molar-refractivity contribution in [1.29, 1.82) is 0 Å². The minimum Gasteiger partial charge on any atom is -0.485 e. The fraction of sp³-hybridized carbons (Fsp3) is 0.118. The zero-order valence-corrected chi connectivity index (χ0v) is 14.6. The molecule has 0 amide bonds. The minimum absolute atomic E-state index is 0.0180. The van der Waals surface area contributed by atoms with Crippen LogP contribution in [0.2, 0.25) is 0 Å². The summed E-state index contributed by atoms with van der Waals surface area (Å²) >= 11 is 5.23. The number of nitro benzene ring substituents is 1. The van der Waals surface area contributed by atoms with E-state index < -0.39 is 11.0 Å². The van der Waals surface area contributed by atoms with E-state index in [0.29, 0.717) is 22.9 Å². The van der Waals surface area contributed by atoms with E-state index in [1.807, 2.05) is 18.2 Å². The summed E-state index contributed by atoms with van der Waals surface area (Å²) in [6.45, 7) is 0.253. The second kappa shape index (κ2) is 7.00. The maximum atomic E-state index is 10.9. The molecule has 10 heteroatoms. The van der Waals surface area contributed by atoms with E-state index in [2.05, 4.69) is 15.3 Å². The number of para-hydroxylation sites is 2. The quantitative estimate of drug-likeness (QED) is 0.321. The van der Waals surface area contributed by atoms with Crippen molar-refractivity contribution in [1.82, 2.24) is 14.9 Å². The van der Waals surface area contributed by atoms with Crippen molar-refractivity contribution in [2.24, 2.45) is 5.10 Å². The van der Waals surface area contributed by atoms with Gasteiger partial charge in [0.05, 0.1) is 11.1 Å². The molecule has 0 fully saturated rings. The van der Waals surface area contributed by atoms with Gasteiger partial charge in [0.25, 0.3) is 5.69 Å². The topological polar surface area (TPSA) is 108 Å². The van der Waals surface area contributed by atoms with Crippen LogP contribution in [0.5, 0.6) is 11.5 Å². The van der Waals surface area contributed by atoms with E-state index in [9.17, 15) is 10.1 Å². The number of H-pyrrole nitrogens is 1. The SMILES string of the molecule is O=[N+]([O-])c1cccc(C=Nn2c(C3COc4ccccc4O3)n[nH]c2=S)c1. The zero-order chi connectivity index (χ0) is 18.8. The fourth-order valence-electron chi connectivity index (χ4n) is 2.61. The molecule has 0 bridgehead atoms. The highest BCUT2D eigenvalue weighted by molar-refractivity contribution is 7.71. The second-order valence-electron chi connectivity index (χ2n) is 5.66. The van der Waals surface area contributed by atoms with Gasteiger partial charge in [-0.3, -0.25) is 10.1 Å². The number of aromatic nitrogens is 3. The number of benzene rings is 2. The molecule has 2 heterocycles. The maximum Gasteiger partial charge on any atom is 0.270 e. The van der Waals surface area contributed by atoms with Crippen LogP contribution in [0.4, 0.5) is 5.69 Å². The lowest BCUT2D eigenvalue weighted by atomic mass is 10.2. The van der Waals surface area contributed by atoms with Crippen LogP contribution in [-0.4, -0.2) is 32.6 Å². The van der Waals surface area contributed by atoms with Gasteiger partial charge in [0, 0.05) is 17.7 Å². The summed E-state index contributed by atoms with van der Waals surface area (Å²) in [6, 6.07) is 13.5. The number of nitrogens with zero attached hydrogens (tertiary/aromatic N) is 4. The van der Waals surface area contributed by atoms with E-state index in [1.165, 1.54) is 23.0 Å². The monoisotopic (exact) mass is 383 g/mol. The van der Waals surface area contributed by atoms with E-state index in [0.717, 1.165) is 0 Å². The van der Waals surface area contributed by atoms with Gasteiger partial charge < -0.3 is 9.47 Å². The molecule has 27 heavy (non-hydrogen) atoms. The van der Waals surface area contributed by atoms with Gasteiger partial charge in [0.2, 0.25) is 4.77 Å².